The maximum Gasteiger partial charge on any atom is 0.302 e. The zero-order valence-electron chi connectivity index (χ0n) is 11.9. The third kappa shape index (κ3) is 3.01. The van der Waals surface area contributed by atoms with Crippen molar-refractivity contribution in [2.75, 3.05) is 0 Å². The number of nitrogens with zero attached hydrogens (tertiary/aromatic N) is 1. The minimum atomic E-state index is -2.40. The van der Waals surface area contributed by atoms with E-state index < -0.39 is 17.5 Å². The van der Waals surface area contributed by atoms with Crippen LogP contribution in [-0.2, 0) is 15.5 Å². The van der Waals surface area contributed by atoms with Crippen LogP contribution >= 0.6 is 0 Å². The van der Waals surface area contributed by atoms with Crippen LogP contribution in [-0.4, -0.2) is 19.7 Å². The van der Waals surface area contributed by atoms with Crippen molar-refractivity contribution < 1.29 is 22.3 Å². The van der Waals surface area contributed by atoms with Crippen molar-refractivity contribution in [1.29, 1.82) is 0 Å². The van der Waals surface area contributed by atoms with E-state index in [-0.39, 0.29) is 11.7 Å². The van der Waals surface area contributed by atoms with E-state index >= 15 is 0 Å². The Bertz CT molecular complexity index is 722. The molecule has 2 atom stereocenters. The third-order valence-electron chi connectivity index (χ3n) is 3.66. The molecule has 1 saturated carbocycles. The van der Waals surface area contributed by atoms with Gasteiger partial charge in [0.1, 0.15) is 0 Å². The Morgan fingerprint density at radius 1 is 1.41 bits per heavy atom. The van der Waals surface area contributed by atoms with Crippen molar-refractivity contribution >= 4 is 17.1 Å². The summed E-state index contributed by atoms with van der Waals surface area (Å²) >= 11 is -2.40. The summed E-state index contributed by atoms with van der Waals surface area (Å²) in [5.74, 6) is 0.685. The second kappa shape index (κ2) is 6.12. The third-order valence-corrected chi connectivity index (χ3v) is 4.11. The lowest BCUT2D eigenvalue weighted by Gasteiger charge is -2.14. The van der Waals surface area contributed by atoms with Crippen LogP contribution in [0.1, 0.15) is 59.0 Å². The zero-order chi connectivity index (χ0) is 15.7. The monoisotopic (exact) mass is 321 g/mol. The maximum atomic E-state index is 12.8. The molecule has 1 aromatic heterocycles. The van der Waals surface area contributed by atoms with Gasteiger partial charge in [0.2, 0.25) is 0 Å². The highest BCUT2D eigenvalue weighted by molar-refractivity contribution is 7.74. The summed E-state index contributed by atoms with van der Waals surface area (Å²) in [6, 6.07) is 6.86. The lowest BCUT2D eigenvalue weighted by molar-refractivity contribution is 0.103. The van der Waals surface area contributed by atoms with Gasteiger partial charge < -0.3 is 4.52 Å². The summed E-state index contributed by atoms with van der Waals surface area (Å²) in [4.78, 5) is 12.8. The second-order valence-electron chi connectivity index (χ2n) is 5.25. The zero-order valence-corrected chi connectivity index (χ0v) is 12.7. The van der Waals surface area contributed by atoms with Crippen molar-refractivity contribution in [3.63, 3.8) is 0 Å². The second-order valence-corrected chi connectivity index (χ2v) is 5.88. The number of aromatic nitrogens is 1. The van der Waals surface area contributed by atoms with E-state index in [0.29, 0.717) is 22.5 Å². The van der Waals surface area contributed by atoms with Crippen LogP contribution in [0.4, 0.5) is 0 Å². The molecule has 1 heterocycles. The summed E-state index contributed by atoms with van der Waals surface area (Å²) in [6.07, 6.45) is 2.75. The molecule has 1 N–H and O–H groups in total. The molecule has 0 spiro atoms. The van der Waals surface area contributed by atoms with Gasteiger partial charge >= 0.3 is 11.4 Å². The van der Waals surface area contributed by atoms with Gasteiger partial charge in [-0.15, -0.1) is 0 Å². The molecule has 0 saturated heterocycles. The topological polar surface area (TPSA) is 89.6 Å². The average molecular weight is 321 g/mol. The van der Waals surface area contributed by atoms with Crippen molar-refractivity contribution in [3.8, 4) is 0 Å². The highest BCUT2D eigenvalue weighted by Crippen LogP contribution is 2.42. The predicted octanol–water partition coefficient (Wildman–Crippen LogP) is 3.00. The molecule has 0 amide bonds. The largest absolute Gasteiger partial charge is 0.360 e. The van der Waals surface area contributed by atoms with E-state index in [4.69, 9.17) is 13.3 Å². The fraction of sp³-hybridized carbons (Fsp3) is 0.333. The van der Waals surface area contributed by atoms with Crippen LogP contribution in [0.5, 0.6) is 0 Å². The molecular formula is C15H15NO5S. The predicted molar refractivity (Wildman–Crippen MR) is 78.6 cm³/mol. The minimum absolute atomic E-state index is 0.210. The molecule has 1 fully saturated rings. The molecule has 0 bridgehead atoms. The van der Waals surface area contributed by atoms with Gasteiger partial charge in [-0.25, -0.2) is 0 Å². The lowest BCUT2D eigenvalue weighted by atomic mass is 9.95. The maximum absolute atomic E-state index is 12.8. The van der Waals surface area contributed by atoms with E-state index in [0.717, 1.165) is 12.8 Å². The van der Waals surface area contributed by atoms with Gasteiger partial charge in [-0.05, 0) is 25.3 Å². The van der Waals surface area contributed by atoms with Gasteiger partial charge in [-0.3, -0.25) is 13.5 Å². The number of benzene rings is 1. The number of ketones is 1. The Labute approximate surface area is 129 Å². The normalized spacial score (nSPS) is 17.2. The van der Waals surface area contributed by atoms with Gasteiger partial charge in [-0.2, -0.15) is 4.21 Å². The van der Waals surface area contributed by atoms with E-state index in [2.05, 4.69) is 5.16 Å². The van der Waals surface area contributed by atoms with E-state index in [1.54, 1.807) is 31.2 Å². The molecule has 2 unspecified atom stereocenters. The highest BCUT2D eigenvalue weighted by atomic mass is 32.2. The fourth-order valence-corrected chi connectivity index (χ4v) is 2.79. The first-order valence-corrected chi connectivity index (χ1v) is 7.97. The molecule has 2 aromatic rings. The molecule has 0 aliphatic heterocycles. The Morgan fingerprint density at radius 2 is 2.14 bits per heavy atom. The van der Waals surface area contributed by atoms with Crippen molar-refractivity contribution in [1.82, 2.24) is 5.16 Å². The van der Waals surface area contributed by atoms with Crippen molar-refractivity contribution in [2.24, 2.45) is 0 Å². The van der Waals surface area contributed by atoms with Crippen molar-refractivity contribution in [2.45, 2.75) is 31.8 Å². The molecule has 6 nitrogen and oxygen atoms in total. The van der Waals surface area contributed by atoms with Gasteiger partial charge in [0.05, 0.1) is 17.9 Å². The molecule has 7 heteroatoms. The lowest BCUT2D eigenvalue weighted by Crippen LogP contribution is -2.11. The molecule has 22 heavy (non-hydrogen) atoms. The van der Waals surface area contributed by atoms with E-state index in [1.807, 2.05) is 0 Å². The Kier molecular flexibility index (Phi) is 4.19. The molecule has 0 radical (unpaired) electrons. The minimum Gasteiger partial charge on any atom is -0.360 e. The Hall–Kier alpha value is -1.83. The van der Waals surface area contributed by atoms with Crippen LogP contribution in [0.15, 0.2) is 35.0 Å². The Balaban J connectivity index is 1.95. The number of hydrogen-bond donors (Lipinski definition) is 1. The first kappa shape index (κ1) is 15.1. The summed E-state index contributed by atoms with van der Waals surface area (Å²) in [5, 5.41) is 3.74. The molecule has 1 aromatic carbocycles. The van der Waals surface area contributed by atoms with Crippen molar-refractivity contribution in [3.05, 3.63) is 52.9 Å². The summed E-state index contributed by atoms with van der Waals surface area (Å²) < 4.78 is 29.8. The van der Waals surface area contributed by atoms with Crippen LogP contribution in [0.3, 0.4) is 0 Å². The van der Waals surface area contributed by atoms with Gasteiger partial charge in [0.25, 0.3) is 0 Å². The van der Waals surface area contributed by atoms with Crippen LogP contribution in [0.2, 0.25) is 0 Å². The molecule has 1 aliphatic carbocycles. The van der Waals surface area contributed by atoms with Gasteiger partial charge in [-0.1, -0.05) is 29.4 Å². The molecule has 3 rings (SSSR count). The standard InChI is InChI=1S/C15H15NO5S/c1-9(21-22(18)19)11-4-2-3-5-12(11)14(17)13-8-16-20-15(13)10-6-7-10/h2-5,8-10H,6-7H2,1H3,(H,18,19). The van der Waals surface area contributed by atoms with Gasteiger partial charge in [0, 0.05) is 11.5 Å². The fourth-order valence-electron chi connectivity index (χ4n) is 2.44. The van der Waals surface area contributed by atoms with Crippen LogP contribution < -0.4 is 0 Å². The molecule has 116 valence electrons. The summed E-state index contributed by atoms with van der Waals surface area (Å²) in [6.45, 7) is 1.62. The SMILES string of the molecule is CC(OS(=O)O)c1ccccc1C(=O)c1cnoc1C1CC1. The molecule has 1 aliphatic rings. The summed E-state index contributed by atoms with van der Waals surface area (Å²) in [7, 11) is 0. The molecular weight excluding hydrogens is 306 g/mol. The average Bonchev–Trinajstić information content (AvgIpc) is 3.23. The quantitative estimate of drug-likeness (QED) is 0.650. The Morgan fingerprint density at radius 3 is 2.82 bits per heavy atom. The number of carbonyl (C=O) groups excluding carboxylic acids is 1. The van der Waals surface area contributed by atoms with Crippen LogP contribution in [0.25, 0.3) is 0 Å². The van der Waals surface area contributed by atoms with E-state index in [9.17, 15) is 9.00 Å². The highest BCUT2D eigenvalue weighted by Gasteiger charge is 2.33. The summed E-state index contributed by atoms with van der Waals surface area (Å²) in [5.41, 5.74) is 1.43. The first-order chi connectivity index (χ1) is 10.6. The number of carbonyl (C=O) groups is 1. The van der Waals surface area contributed by atoms with Crippen LogP contribution in [0, 0.1) is 0 Å². The van der Waals surface area contributed by atoms with Gasteiger partial charge in [0.15, 0.2) is 11.5 Å². The first-order valence-electron chi connectivity index (χ1n) is 6.94. The number of hydrogen-bond acceptors (Lipinski definition) is 5. The van der Waals surface area contributed by atoms with E-state index in [1.165, 1.54) is 6.20 Å². The number of rotatable bonds is 6. The smallest absolute Gasteiger partial charge is 0.302 e.